The van der Waals surface area contributed by atoms with E-state index in [0.717, 1.165) is 19.1 Å². The Morgan fingerprint density at radius 1 is 1.00 bits per heavy atom. The van der Waals surface area contributed by atoms with Crippen LogP contribution in [0.15, 0.2) is 0 Å². The first-order valence-corrected chi connectivity index (χ1v) is 7.11. The molecule has 0 spiro atoms. The van der Waals surface area contributed by atoms with Gasteiger partial charge in [0.1, 0.15) is 0 Å². The largest absolute Gasteiger partial charge is 0.381 e. The molecular weight excluding hydrogens is 212 g/mol. The molecule has 0 aromatic rings. The van der Waals surface area contributed by atoms with Crippen molar-refractivity contribution >= 4 is 0 Å². The molecule has 0 aromatic carbocycles. The Hall–Kier alpha value is -0.120. The molecule has 100 valence electrons. The van der Waals surface area contributed by atoms with Gasteiger partial charge in [-0.3, -0.25) is 4.90 Å². The first-order chi connectivity index (χ1) is 8.05. The van der Waals surface area contributed by atoms with Crippen molar-refractivity contribution < 1.29 is 4.74 Å². The van der Waals surface area contributed by atoms with Crippen LogP contribution in [0.3, 0.4) is 0 Å². The average molecular weight is 240 g/mol. The lowest BCUT2D eigenvalue weighted by molar-refractivity contribution is 0.0266. The number of piperazine rings is 1. The van der Waals surface area contributed by atoms with Crippen molar-refractivity contribution in [3.63, 3.8) is 0 Å². The van der Waals surface area contributed by atoms with E-state index >= 15 is 0 Å². The number of rotatable bonds is 2. The van der Waals surface area contributed by atoms with Gasteiger partial charge in [0.2, 0.25) is 0 Å². The van der Waals surface area contributed by atoms with Gasteiger partial charge in [-0.15, -0.1) is 0 Å². The van der Waals surface area contributed by atoms with E-state index in [-0.39, 0.29) is 0 Å². The lowest BCUT2D eigenvalue weighted by atomic mass is 9.99. The summed E-state index contributed by atoms with van der Waals surface area (Å²) < 4.78 is 5.42. The minimum absolute atomic E-state index is 0.338. The summed E-state index contributed by atoms with van der Waals surface area (Å²) in [5.41, 5.74) is 0.338. The molecule has 2 saturated heterocycles. The molecule has 0 N–H and O–H groups in total. The summed E-state index contributed by atoms with van der Waals surface area (Å²) in [5, 5.41) is 0. The predicted octanol–water partition coefficient (Wildman–Crippen LogP) is 1.83. The van der Waals surface area contributed by atoms with Gasteiger partial charge in [-0.1, -0.05) is 0 Å². The molecule has 2 aliphatic heterocycles. The van der Waals surface area contributed by atoms with E-state index in [2.05, 4.69) is 30.6 Å². The summed E-state index contributed by atoms with van der Waals surface area (Å²) in [5.74, 6) is 0.880. The van der Waals surface area contributed by atoms with E-state index in [0.29, 0.717) is 5.54 Å². The minimum atomic E-state index is 0.338. The molecular formula is C14H28N2O. The molecule has 0 unspecified atom stereocenters. The van der Waals surface area contributed by atoms with Crippen LogP contribution in [0.5, 0.6) is 0 Å². The Bertz CT molecular complexity index is 223. The molecule has 2 aliphatic rings. The molecule has 2 heterocycles. The zero-order valence-electron chi connectivity index (χ0n) is 11.7. The number of nitrogens with zero attached hydrogens (tertiary/aromatic N) is 2. The topological polar surface area (TPSA) is 15.7 Å². The van der Waals surface area contributed by atoms with E-state index < -0.39 is 0 Å². The fourth-order valence-corrected chi connectivity index (χ4v) is 2.90. The maximum absolute atomic E-state index is 5.42. The summed E-state index contributed by atoms with van der Waals surface area (Å²) in [6, 6.07) is 0. The molecule has 0 atom stereocenters. The summed E-state index contributed by atoms with van der Waals surface area (Å²) in [6.45, 7) is 15.2. The van der Waals surface area contributed by atoms with Gasteiger partial charge in [-0.25, -0.2) is 0 Å². The second-order valence-electron chi connectivity index (χ2n) is 6.51. The Balaban J connectivity index is 1.71. The molecule has 0 bridgehead atoms. The second kappa shape index (κ2) is 5.68. The number of hydrogen-bond acceptors (Lipinski definition) is 3. The van der Waals surface area contributed by atoms with Crippen LogP contribution in [0, 0.1) is 5.92 Å². The molecule has 3 nitrogen and oxygen atoms in total. The van der Waals surface area contributed by atoms with Gasteiger partial charge in [-0.05, 0) is 39.5 Å². The lowest BCUT2D eigenvalue weighted by Crippen LogP contribution is -2.54. The molecule has 0 amide bonds. The van der Waals surface area contributed by atoms with Gasteiger partial charge in [0.05, 0.1) is 0 Å². The van der Waals surface area contributed by atoms with E-state index in [1.807, 2.05) is 0 Å². The van der Waals surface area contributed by atoms with Crippen molar-refractivity contribution in [3.05, 3.63) is 0 Å². The highest BCUT2D eigenvalue weighted by molar-refractivity contribution is 4.82. The molecule has 0 saturated carbocycles. The molecule has 3 heteroatoms. The van der Waals surface area contributed by atoms with Crippen LogP contribution in [0.4, 0.5) is 0 Å². The SMILES string of the molecule is CC(C)(C)N1CCN(CC2CCOCC2)CC1. The monoisotopic (exact) mass is 240 g/mol. The van der Waals surface area contributed by atoms with Crippen LogP contribution in [-0.2, 0) is 4.74 Å². The molecule has 2 fully saturated rings. The van der Waals surface area contributed by atoms with Crippen LogP contribution in [-0.4, -0.2) is 61.3 Å². The number of hydrogen-bond donors (Lipinski definition) is 0. The van der Waals surface area contributed by atoms with Gasteiger partial charge in [0, 0.05) is 51.5 Å². The minimum Gasteiger partial charge on any atom is -0.381 e. The maximum Gasteiger partial charge on any atom is 0.0469 e. The molecule has 2 rings (SSSR count). The summed E-state index contributed by atoms with van der Waals surface area (Å²) in [6.07, 6.45) is 2.53. The fourth-order valence-electron chi connectivity index (χ4n) is 2.90. The summed E-state index contributed by atoms with van der Waals surface area (Å²) in [4.78, 5) is 5.26. The number of ether oxygens (including phenoxy) is 1. The van der Waals surface area contributed by atoms with Crippen molar-refractivity contribution in [1.29, 1.82) is 0 Å². The smallest absolute Gasteiger partial charge is 0.0469 e. The molecule has 0 aliphatic carbocycles. The Kier molecular flexibility index (Phi) is 4.45. The highest BCUT2D eigenvalue weighted by Gasteiger charge is 2.27. The van der Waals surface area contributed by atoms with E-state index in [1.165, 1.54) is 45.6 Å². The third-order valence-corrected chi connectivity index (χ3v) is 4.18. The van der Waals surface area contributed by atoms with Crippen LogP contribution >= 0.6 is 0 Å². The lowest BCUT2D eigenvalue weighted by Gasteiger charge is -2.43. The van der Waals surface area contributed by atoms with E-state index in [1.54, 1.807) is 0 Å². The molecule has 0 radical (unpaired) electrons. The quantitative estimate of drug-likeness (QED) is 0.732. The van der Waals surface area contributed by atoms with Gasteiger partial charge in [0.25, 0.3) is 0 Å². The van der Waals surface area contributed by atoms with Crippen molar-refractivity contribution in [2.24, 2.45) is 5.92 Å². The zero-order valence-corrected chi connectivity index (χ0v) is 11.7. The van der Waals surface area contributed by atoms with Crippen LogP contribution in [0.1, 0.15) is 33.6 Å². The fraction of sp³-hybridized carbons (Fsp3) is 1.00. The normalized spacial score (nSPS) is 26.3. The third-order valence-electron chi connectivity index (χ3n) is 4.18. The van der Waals surface area contributed by atoms with Gasteiger partial charge >= 0.3 is 0 Å². The van der Waals surface area contributed by atoms with Crippen molar-refractivity contribution in [2.45, 2.75) is 39.2 Å². The molecule has 17 heavy (non-hydrogen) atoms. The van der Waals surface area contributed by atoms with Crippen molar-refractivity contribution in [1.82, 2.24) is 9.80 Å². The Morgan fingerprint density at radius 3 is 2.12 bits per heavy atom. The van der Waals surface area contributed by atoms with Gasteiger partial charge in [0.15, 0.2) is 0 Å². The molecule has 0 aromatic heterocycles. The van der Waals surface area contributed by atoms with Crippen LogP contribution < -0.4 is 0 Å². The van der Waals surface area contributed by atoms with Crippen LogP contribution in [0.25, 0.3) is 0 Å². The van der Waals surface area contributed by atoms with Gasteiger partial charge < -0.3 is 9.64 Å². The maximum atomic E-state index is 5.42. The average Bonchev–Trinajstić information content (AvgIpc) is 2.30. The first-order valence-electron chi connectivity index (χ1n) is 7.11. The van der Waals surface area contributed by atoms with Crippen molar-refractivity contribution in [3.8, 4) is 0 Å². The second-order valence-corrected chi connectivity index (χ2v) is 6.51. The predicted molar refractivity (Wildman–Crippen MR) is 71.3 cm³/mol. The Morgan fingerprint density at radius 2 is 1.59 bits per heavy atom. The van der Waals surface area contributed by atoms with E-state index in [4.69, 9.17) is 4.74 Å². The zero-order chi connectivity index (χ0) is 12.3. The summed E-state index contributed by atoms with van der Waals surface area (Å²) >= 11 is 0. The standard InChI is InChI=1S/C14H28N2O/c1-14(2,3)16-8-6-15(7-9-16)12-13-4-10-17-11-5-13/h13H,4-12H2,1-3H3. The highest BCUT2D eigenvalue weighted by Crippen LogP contribution is 2.19. The van der Waals surface area contributed by atoms with E-state index in [9.17, 15) is 0 Å². The van der Waals surface area contributed by atoms with Crippen LogP contribution in [0.2, 0.25) is 0 Å². The third kappa shape index (κ3) is 3.94. The highest BCUT2D eigenvalue weighted by atomic mass is 16.5. The summed E-state index contributed by atoms with van der Waals surface area (Å²) in [7, 11) is 0. The first kappa shape index (κ1) is 13.3. The van der Waals surface area contributed by atoms with Crippen molar-refractivity contribution in [2.75, 3.05) is 45.9 Å². The Labute approximate surface area is 106 Å². The van der Waals surface area contributed by atoms with Gasteiger partial charge in [-0.2, -0.15) is 0 Å².